The molecule has 136 valence electrons. The number of carbonyl (C=O) groups excluding carboxylic acids is 1. The number of nitrogens with zero attached hydrogens (tertiary/aromatic N) is 4. The first-order valence-corrected chi connectivity index (χ1v) is 9.78. The van der Waals surface area contributed by atoms with Crippen molar-refractivity contribution in [1.29, 1.82) is 0 Å². The first kappa shape index (κ1) is 16.4. The standard InChI is InChI=1S/C20H18N4O2S/c1-11-22-23-16-10-21-18(12-6-8-13(9-7-12)20(25)26-2)17-14-4-3-5-15(14)27-19(17)24(11)16/h6-9H,3-5,10H2,1-2H3. The highest BCUT2D eigenvalue weighted by Crippen LogP contribution is 2.41. The van der Waals surface area contributed by atoms with Crippen LogP contribution in [-0.4, -0.2) is 33.6 Å². The van der Waals surface area contributed by atoms with Crippen LogP contribution in [0.25, 0.3) is 5.00 Å². The van der Waals surface area contributed by atoms with Crippen molar-refractivity contribution in [2.45, 2.75) is 32.7 Å². The summed E-state index contributed by atoms with van der Waals surface area (Å²) in [7, 11) is 1.39. The lowest BCUT2D eigenvalue weighted by atomic mass is 9.98. The van der Waals surface area contributed by atoms with Crippen LogP contribution in [0, 0.1) is 6.92 Å². The highest BCUT2D eigenvalue weighted by Gasteiger charge is 2.30. The number of benzene rings is 1. The lowest BCUT2D eigenvalue weighted by Crippen LogP contribution is -2.09. The smallest absolute Gasteiger partial charge is 0.337 e. The van der Waals surface area contributed by atoms with Gasteiger partial charge in [0, 0.05) is 16.0 Å². The summed E-state index contributed by atoms with van der Waals surface area (Å²) in [5.41, 5.74) is 5.14. The molecule has 0 saturated heterocycles. The van der Waals surface area contributed by atoms with E-state index in [1.54, 1.807) is 12.1 Å². The molecule has 3 heterocycles. The second-order valence-electron chi connectivity index (χ2n) is 6.77. The van der Waals surface area contributed by atoms with Crippen molar-refractivity contribution in [1.82, 2.24) is 14.8 Å². The Bertz CT molecular complexity index is 1090. The van der Waals surface area contributed by atoms with Crippen molar-refractivity contribution in [2.24, 2.45) is 4.99 Å². The molecule has 1 aliphatic heterocycles. The molecule has 0 atom stereocenters. The molecule has 6 nitrogen and oxygen atoms in total. The summed E-state index contributed by atoms with van der Waals surface area (Å²) in [6.07, 6.45) is 3.39. The number of ether oxygens (including phenoxy) is 1. The van der Waals surface area contributed by atoms with Crippen molar-refractivity contribution in [2.75, 3.05) is 7.11 Å². The lowest BCUT2D eigenvalue weighted by molar-refractivity contribution is 0.0600. The molecule has 0 N–H and O–H groups in total. The molecule has 1 aromatic carbocycles. The Labute approximate surface area is 160 Å². The van der Waals surface area contributed by atoms with Crippen LogP contribution in [0.5, 0.6) is 0 Å². The van der Waals surface area contributed by atoms with E-state index in [1.807, 2.05) is 30.4 Å². The largest absolute Gasteiger partial charge is 0.465 e. The van der Waals surface area contributed by atoms with Gasteiger partial charge in [-0.3, -0.25) is 9.56 Å². The van der Waals surface area contributed by atoms with Gasteiger partial charge in [0.25, 0.3) is 0 Å². The van der Waals surface area contributed by atoms with Crippen molar-refractivity contribution in [3.8, 4) is 5.00 Å². The van der Waals surface area contributed by atoms with Gasteiger partial charge in [-0.05, 0) is 43.9 Å². The molecule has 0 saturated carbocycles. The number of aryl methyl sites for hydroxylation is 2. The highest BCUT2D eigenvalue weighted by molar-refractivity contribution is 7.15. The molecular weight excluding hydrogens is 360 g/mol. The van der Waals surface area contributed by atoms with Crippen LogP contribution in [-0.2, 0) is 24.1 Å². The number of esters is 1. The van der Waals surface area contributed by atoms with Crippen LogP contribution >= 0.6 is 11.3 Å². The molecule has 0 bridgehead atoms. The van der Waals surface area contributed by atoms with Crippen LogP contribution in [0.2, 0.25) is 0 Å². The third-order valence-corrected chi connectivity index (χ3v) is 6.47. The topological polar surface area (TPSA) is 69.4 Å². The number of rotatable bonds is 2. The van der Waals surface area contributed by atoms with Gasteiger partial charge in [-0.15, -0.1) is 21.5 Å². The lowest BCUT2D eigenvalue weighted by Gasteiger charge is -2.10. The van der Waals surface area contributed by atoms with E-state index in [2.05, 4.69) is 14.8 Å². The number of aliphatic imine (C=N–C) groups is 1. The molecule has 5 rings (SSSR count). The zero-order valence-electron chi connectivity index (χ0n) is 15.2. The molecule has 0 spiro atoms. The van der Waals surface area contributed by atoms with Gasteiger partial charge in [0.1, 0.15) is 17.4 Å². The zero-order valence-corrected chi connectivity index (χ0v) is 16.0. The molecule has 0 amide bonds. The molecule has 27 heavy (non-hydrogen) atoms. The fourth-order valence-electron chi connectivity index (χ4n) is 3.91. The van der Waals surface area contributed by atoms with Crippen molar-refractivity contribution < 1.29 is 9.53 Å². The van der Waals surface area contributed by atoms with E-state index in [0.29, 0.717) is 12.1 Å². The number of carbonyl (C=O) groups is 1. The van der Waals surface area contributed by atoms with E-state index in [0.717, 1.165) is 35.8 Å². The number of thiophene rings is 1. The van der Waals surface area contributed by atoms with Crippen LogP contribution in [0.1, 0.15) is 50.0 Å². The Hall–Kier alpha value is -2.80. The summed E-state index contributed by atoms with van der Waals surface area (Å²) >= 11 is 1.84. The Balaban J connectivity index is 1.68. The van der Waals surface area contributed by atoms with E-state index >= 15 is 0 Å². The Kier molecular flexibility index (Phi) is 3.72. The number of fused-ring (bicyclic) bond motifs is 5. The summed E-state index contributed by atoms with van der Waals surface area (Å²) in [4.78, 5) is 18.1. The summed E-state index contributed by atoms with van der Waals surface area (Å²) in [6.45, 7) is 2.48. The summed E-state index contributed by atoms with van der Waals surface area (Å²) < 4.78 is 6.96. The quantitative estimate of drug-likeness (QED) is 0.642. The van der Waals surface area contributed by atoms with Gasteiger partial charge in [0.15, 0.2) is 5.82 Å². The molecule has 3 aromatic rings. The predicted molar refractivity (Wildman–Crippen MR) is 103 cm³/mol. The summed E-state index contributed by atoms with van der Waals surface area (Å²) in [6, 6.07) is 7.50. The number of aromatic nitrogens is 3. The second kappa shape index (κ2) is 6.13. The van der Waals surface area contributed by atoms with E-state index < -0.39 is 0 Å². The molecular formula is C20H18N4O2S. The maximum atomic E-state index is 11.7. The van der Waals surface area contributed by atoms with Gasteiger partial charge in [-0.1, -0.05) is 12.1 Å². The average Bonchev–Trinajstić information content (AvgIpc) is 3.34. The van der Waals surface area contributed by atoms with Crippen molar-refractivity contribution in [3.63, 3.8) is 0 Å². The maximum absolute atomic E-state index is 11.7. The van der Waals surface area contributed by atoms with E-state index in [4.69, 9.17) is 9.73 Å². The fourth-order valence-corrected chi connectivity index (χ4v) is 5.37. The molecule has 1 aliphatic carbocycles. The van der Waals surface area contributed by atoms with Gasteiger partial charge in [0.05, 0.1) is 18.4 Å². The number of methoxy groups -OCH3 is 1. The van der Waals surface area contributed by atoms with E-state index in [1.165, 1.54) is 34.5 Å². The second-order valence-corrected chi connectivity index (χ2v) is 7.85. The number of hydrogen-bond donors (Lipinski definition) is 0. The van der Waals surface area contributed by atoms with Gasteiger partial charge >= 0.3 is 5.97 Å². The molecule has 0 radical (unpaired) electrons. The Morgan fingerprint density at radius 2 is 2.00 bits per heavy atom. The molecule has 0 fully saturated rings. The average molecular weight is 378 g/mol. The summed E-state index contributed by atoms with van der Waals surface area (Å²) in [5, 5.41) is 9.76. The minimum absolute atomic E-state index is 0.330. The highest BCUT2D eigenvalue weighted by atomic mass is 32.1. The minimum Gasteiger partial charge on any atom is -0.465 e. The molecule has 2 aliphatic rings. The third kappa shape index (κ3) is 2.45. The van der Waals surface area contributed by atoms with Crippen LogP contribution in [0.4, 0.5) is 0 Å². The normalized spacial score (nSPS) is 14.8. The van der Waals surface area contributed by atoms with Crippen LogP contribution in [0.3, 0.4) is 0 Å². The van der Waals surface area contributed by atoms with Crippen molar-refractivity contribution in [3.05, 3.63) is 63.0 Å². The van der Waals surface area contributed by atoms with Crippen LogP contribution in [0.15, 0.2) is 29.3 Å². The van der Waals surface area contributed by atoms with Gasteiger partial charge in [0.2, 0.25) is 0 Å². The fraction of sp³-hybridized carbons (Fsp3) is 0.300. The monoisotopic (exact) mass is 378 g/mol. The van der Waals surface area contributed by atoms with E-state index in [9.17, 15) is 4.79 Å². The third-order valence-electron chi connectivity index (χ3n) is 5.19. The number of hydrogen-bond acceptors (Lipinski definition) is 6. The maximum Gasteiger partial charge on any atom is 0.337 e. The Morgan fingerprint density at radius 3 is 2.78 bits per heavy atom. The van der Waals surface area contributed by atoms with Gasteiger partial charge in [-0.2, -0.15) is 0 Å². The van der Waals surface area contributed by atoms with Crippen LogP contribution < -0.4 is 0 Å². The first-order chi connectivity index (χ1) is 13.2. The van der Waals surface area contributed by atoms with Crippen molar-refractivity contribution >= 4 is 23.0 Å². The van der Waals surface area contributed by atoms with Gasteiger partial charge in [-0.25, -0.2) is 4.79 Å². The predicted octanol–water partition coefficient (Wildman–Crippen LogP) is 3.26. The molecule has 2 aromatic heterocycles. The van der Waals surface area contributed by atoms with Gasteiger partial charge < -0.3 is 4.74 Å². The van der Waals surface area contributed by atoms with E-state index in [-0.39, 0.29) is 5.97 Å². The summed E-state index contributed by atoms with van der Waals surface area (Å²) in [5.74, 6) is 1.43. The zero-order chi connectivity index (χ0) is 18.5. The first-order valence-electron chi connectivity index (χ1n) is 8.96. The SMILES string of the molecule is COC(=O)c1ccc(C2=NCc3nnc(C)n3-c3sc4c(c32)CCC4)cc1. The minimum atomic E-state index is -0.330. The molecule has 0 unspecified atom stereocenters. The Morgan fingerprint density at radius 1 is 1.19 bits per heavy atom. The molecule has 7 heteroatoms.